The highest BCUT2D eigenvalue weighted by Crippen LogP contribution is 2.45. The van der Waals surface area contributed by atoms with Gasteiger partial charge in [0.15, 0.2) is 0 Å². The van der Waals surface area contributed by atoms with Crippen LogP contribution < -0.4 is 9.77 Å². The van der Waals surface area contributed by atoms with Crippen LogP contribution >= 0.6 is 9.39 Å². The van der Waals surface area contributed by atoms with Crippen LogP contribution in [0.25, 0.3) is 0 Å². The fraction of sp³-hybridized carbons (Fsp3) is 0.500. The molecule has 0 atom stereocenters. The maximum absolute atomic E-state index is 6.05. The van der Waals surface area contributed by atoms with E-state index in [2.05, 4.69) is 68.8 Å². The Hall–Kier alpha value is -0.865. The number of benzene rings is 1. The average Bonchev–Trinajstić information content (AvgIpc) is 2.54. The molecule has 1 aliphatic heterocycles. The van der Waals surface area contributed by atoms with E-state index >= 15 is 0 Å². The fourth-order valence-electron chi connectivity index (χ4n) is 2.84. The average molecular weight is 291 g/mol. The molecule has 0 radical (unpaired) electrons. The zero-order valence-corrected chi connectivity index (χ0v) is 14.2. The molecule has 2 nitrogen and oxygen atoms in total. The maximum Gasteiger partial charge on any atom is 0.324 e. The van der Waals surface area contributed by atoms with Crippen LogP contribution in [0.4, 0.5) is 5.69 Å². The van der Waals surface area contributed by atoms with E-state index in [0.29, 0.717) is 0 Å². The van der Waals surface area contributed by atoms with Crippen molar-refractivity contribution in [1.29, 1.82) is 0 Å². The lowest BCUT2D eigenvalue weighted by Crippen LogP contribution is -2.37. The number of fused-ring (bicyclic) bond motifs is 1. The molecule has 0 aliphatic carbocycles. The van der Waals surface area contributed by atoms with Gasteiger partial charge in [-0.15, -0.1) is 9.39 Å². The Labute approximate surface area is 124 Å². The highest BCUT2D eigenvalue weighted by molar-refractivity contribution is 8.28. The van der Waals surface area contributed by atoms with Gasteiger partial charge >= 0.3 is 6.92 Å². The van der Waals surface area contributed by atoms with Crippen molar-refractivity contribution in [2.45, 2.75) is 45.9 Å². The SMILES string of the molecule is C=S1(=C)Cc2cc(B(C)OC(C)(C)C)ccc2N1CC. The monoisotopic (exact) mass is 291 g/mol. The Morgan fingerprint density at radius 3 is 2.55 bits per heavy atom. The summed E-state index contributed by atoms with van der Waals surface area (Å²) < 4.78 is 8.41. The van der Waals surface area contributed by atoms with Gasteiger partial charge in [0, 0.05) is 23.6 Å². The highest BCUT2D eigenvalue weighted by atomic mass is 32.2. The molecule has 2 rings (SSSR count). The smallest absolute Gasteiger partial charge is 0.324 e. The molecule has 0 amide bonds. The van der Waals surface area contributed by atoms with E-state index in [9.17, 15) is 0 Å². The normalized spacial score (nSPS) is 17.1. The van der Waals surface area contributed by atoms with Crippen molar-refractivity contribution in [3.63, 3.8) is 0 Å². The minimum absolute atomic E-state index is 0.106. The van der Waals surface area contributed by atoms with E-state index in [1.54, 1.807) is 0 Å². The Morgan fingerprint density at radius 1 is 1.35 bits per heavy atom. The van der Waals surface area contributed by atoms with Crippen LogP contribution in [0.2, 0.25) is 6.82 Å². The second-order valence-electron chi connectivity index (χ2n) is 6.60. The zero-order valence-electron chi connectivity index (χ0n) is 13.4. The van der Waals surface area contributed by atoms with Crippen LogP contribution in [0.15, 0.2) is 18.2 Å². The van der Waals surface area contributed by atoms with Crippen molar-refractivity contribution in [2.24, 2.45) is 0 Å². The minimum Gasteiger partial charge on any atom is -0.427 e. The van der Waals surface area contributed by atoms with E-state index in [0.717, 1.165) is 12.3 Å². The van der Waals surface area contributed by atoms with E-state index in [1.807, 2.05) is 0 Å². The second kappa shape index (κ2) is 5.16. The summed E-state index contributed by atoms with van der Waals surface area (Å²) in [5.74, 6) is 9.65. The number of hydrogen-bond acceptors (Lipinski definition) is 2. The van der Waals surface area contributed by atoms with Gasteiger partial charge in [0.2, 0.25) is 0 Å². The lowest BCUT2D eigenvalue weighted by molar-refractivity contribution is 0.134. The first-order valence-electron chi connectivity index (χ1n) is 7.19. The molecule has 1 aliphatic rings. The van der Waals surface area contributed by atoms with Crippen LogP contribution in [0, 0.1) is 0 Å². The molecule has 4 heteroatoms. The summed E-state index contributed by atoms with van der Waals surface area (Å²) in [5.41, 5.74) is 3.79. The molecule has 0 unspecified atom stereocenters. The van der Waals surface area contributed by atoms with Crippen molar-refractivity contribution in [2.75, 3.05) is 10.8 Å². The first-order valence-corrected chi connectivity index (χ1v) is 9.29. The Kier molecular flexibility index (Phi) is 4.00. The lowest BCUT2D eigenvalue weighted by atomic mass is 9.62. The van der Waals surface area contributed by atoms with E-state index in [4.69, 9.17) is 4.65 Å². The first-order chi connectivity index (χ1) is 9.14. The first kappa shape index (κ1) is 15.5. The molecule has 0 spiro atoms. The third kappa shape index (κ3) is 3.07. The van der Waals surface area contributed by atoms with Gasteiger partial charge in [-0.25, -0.2) is 0 Å². The number of anilines is 1. The van der Waals surface area contributed by atoms with Gasteiger partial charge in [-0.3, -0.25) is 0 Å². The quantitative estimate of drug-likeness (QED) is 0.626. The van der Waals surface area contributed by atoms with Crippen molar-refractivity contribution < 1.29 is 4.65 Å². The molecule has 110 valence electrons. The summed E-state index contributed by atoms with van der Waals surface area (Å²) >= 11 is 0. The van der Waals surface area contributed by atoms with E-state index < -0.39 is 9.39 Å². The molecule has 0 fully saturated rings. The minimum atomic E-state index is -1.18. The number of rotatable bonds is 3. The molecule has 0 bridgehead atoms. The molecule has 20 heavy (non-hydrogen) atoms. The largest absolute Gasteiger partial charge is 0.427 e. The van der Waals surface area contributed by atoms with Crippen LogP contribution in [-0.4, -0.2) is 30.8 Å². The third-order valence-corrected chi connectivity index (χ3v) is 5.79. The van der Waals surface area contributed by atoms with Crippen LogP contribution in [0.1, 0.15) is 33.3 Å². The maximum atomic E-state index is 6.05. The summed E-state index contributed by atoms with van der Waals surface area (Å²) in [5, 5.41) is 0. The van der Waals surface area contributed by atoms with Gasteiger partial charge in [0.25, 0.3) is 0 Å². The molecular formula is C16H26BNOS. The van der Waals surface area contributed by atoms with Crippen LogP contribution in [0.3, 0.4) is 0 Å². The summed E-state index contributed by atoms with van der Waals surface area (Å²) in [6, 6.07) is 6.67. The fourth-order valence-corrected chi connectivity index (χ4v) is 4.94. The zero-order chi connectivity index (χ0) is 15.1. The van der Waals surface area contributed by atoms with Gasteiger partial charge in [0.05, 0.1) is 0 Å². The Bertz CT molecular complexity index is 601. The summed E-state index contributed by atoms with van der Waals surface area (Å²) in [7, 11) is -1.18. The Balaban J connectivity index is 2.32. The van der Waals surface area contributed by atoms with Crippen LogP contribution in [0.5, 0.6) is 0 Å². The summed E-state index contributed by atoms with van der Waals surface area (Å²) in [6.07, 6.45) is 0. The summed E-state index contributed by atoms with van der Waals surface area (Å²) in [6.45, 7) is 11.7. The van der Waals surface area contributed by atoms with Crippen molar-refractivity contribution in [3.05, 3.63) is 23.8 Å². The predicted molar refractivity (Wildman–Crippen MR) is 97.1 cm³/mol. The molecule has 0 aromatic heterocycles. The van der Waals surface area contributed by atoms with Gasteiger partial charge in [-0.2, -0.15) is 0 Å². The van der Waals surface area contributed by atoms with E-state index in [1.165, 1.54) is 16.7 Å². The molecule has 0 N–H and O–H groups in total. The predicted octanol–water partition coefficient (Wildman–Crippen LogP) is 3.25. The number of hydrogen-bond donors (Lipinski definition) is 0. The molecule has 1 aromatic rings. The van der Waals surface area contributed by atoms with Crippen LogP contribution in [-0.2, 0) is 10.4 Å². The molecule has 1 heterocycles. The van der Waals surface area contributed by atoms with E-state index in [-0.39, 0.29) is 12.5 Å². The highest BCUT2D eigenvalue weighted by Gasteiger charge is 2.26. The van der Waals surface area contributed by atoms with Crippen molar-refractivity contribution in [1.82, 2.24) is 0 Å². The lowest BCUT2D eigenvalue weighted by Gasteiger charge is -2.25. The third-order valence-electron chi connectivity index (χ3n) is 3.55. The van der Waals surface area contributed by atoms with Crippen molar-refractivity contribution >= 4 is 39.2 Å². The standard InChI is InChI=1S/C16H26BNOS/c1-8-18-15-10-9-14(17(5)19-16(2,3)4)11-13(15)12-20(18,6)7/h9-11H,6-8,12H2,1-5H3. The Morgan fingerprint density at radius 2 is 2.00 bits per heavy atom. The molecule has 0 saturated heterocycles. The van der Waals surface area contributed by atoms with Gasteiger partial charge in [-0.1, -0.05) is 30.7 Å². The summed E-state index contributed by atoms with van der Waals surface area (Å²) in [4.78, 5) is 0. The number of nitrogens with zero attached hydrogens (tertiary/aromatic N) is 1. The second-order valence-corrected chi connectivity index (χ2v) is 9.33. The molecular weight excluding hydrogens is 265 g/mol. The van der Waals surface area contributed by atoms with Gasteiger partial charge in [0.1, 0.15) is 0 Å². The van der Waals surface area contributed by atoms with Gasteiger partial charge < -0.3 is 8.96 Å². The molecule has 1 aromatic carbocycles. The van der Waals surface area contributed by atoms with Gasteiger partial charge in [-0.05, 0) is 44.8 Å². The van der Waals surface area contributed by atoms with Crippen molar-refractivity contribution in [3.8, 4) is 0 Å². The molecule has 0 saturated carbocycles. The topological polar surface area (TPSA) is 12.5 Å².